The fraction of sp³-hybridized carbons (Fsp3) is 0.133. The lowest BCUT2D eigenvalue weighted by atomic mass is 10.0. The monoisotopic (exact) mass is 511 g/mol. The lowest BCUT2D eigenvalue weighted by Crippen LogP contribution is -2.07. The van der Waals surface area contributed by atoms with E-state index in [2.05, 4.69) is 0 Å². The number of carbonyl (C=O) groups is 2. The number of aldehydes is 1. The standard InChI is InChI=1S/C30H25NO5S/c1-34-19-31-26(22-15-9-10-16-24(22)36-18-20-11-5-3-6-12-20)25(21-13-7-4-8-14-21)29-27(31)23(17-32)28(37-29)30(33)35-2/h3-17H,18-19H2,1-2H3. The van der Waals surface area contributed by atoms with Crippen LogP contribution < -0.4 is 4.74 Å². The number of rotatable bonds is 9. The summed E-state index contributed by atoms with van der Waals surface area (Å²) < 4.78 is 19.6. The molecule has 0 aliphatic carbocycles. The van der Waals surface area contributed by atoms with Gasteiger partial charge in [-0.3, -0.25) is 4.79 Å². The smallest absolute Gasteiger partial charge is 0.348 e. The number of hydrogen-bond acceptors (Lipinski definition) is 6. The van der Waals surface area contributed by atoms with Gasteiger partial charge in [0.2, 0.25) is 0 Å². The van der Waals surface area contributed by atoms with Crippen LogP contribution in [0.1, 0.15) is 25.6 Å². The topological polar surface area (TPSA) is 66.8 Å². The second kappa shape index (κ2) is 10.8. The highest BCUT2D eigenvalue weighted by molar-refractivity contribution is 7.21. The van der Waals surface area contributed by atoms with Crippen LogP contribution in [-0.4, -0.2) is 31.0 Å². The lowest BCUT2D eigenvalue weighted by Gasteiger charge is -2.17. The Morgan fingerprint density at radius 3 is 2.27 bits per heavy atom. The van der Waals surface area contributed by atoms with Crippen molar-refractivity contribution in [2.75, 3.05) is 14.2 Å². The number of hydrogen-bond donors (Lipinski definition) is 0. The van der Waals surface area contributed by atoms with Crippen LogP contribution >= 0.6 is 11.3 Å². The largest absolute Gasteiger partial charge is 0.488 e. The molecule has 0 fully saturated rings. The van der Waals surface area contributed by atoms with Crippen molar-refractivity contribution < 1.29 is 23.8 Å². The van der Waals surface area contributed by atoms with E-state index < -0.39 is 5.97 Å². The molecule has 0 aliphatic heterocycles. The molecule has 0 saturated heterocycles. The molecule has 5 aromatic rings. The predicted molar refractivity (Wildman–Crippen MR) is 145 cm³/mol. The highest BCUT2D eigenvalue weighted by atomic mass is 32.1. The van der Waals surface area contributed by atoms with E-state index in [1.54, 1.807) is 7.11 Å². The zero-order valence-corrected chi connectivity index (χ0v) is 21.3. The molecule has 0 bridgehead atoms. The van der Waals surface area contributed by atoms with E-state index in [9.17, 15) is 9.59 Å². The molecule has 5 rings (SSSR count). The third-order valence-electron chi connectivity index (χ3n) is 6.11. The van der Waals surface area contributed by atoms with Crippen LogP contribution in [0.3, 0.4) is 0 Å². The van der Waals surface area contributed by atoms with E-state index in [0.717, 1.165) is 32.6 Å². The van der Waals surface area contributed by atoms with Crippen molar-refractivity contribution >= 4 is 33.8 Å². The lowest BCUT2D eigenvalue weighted by molar-refractivity contribution is 0.0604. The van der Waals surface area contributed by atoms with Gasteiger partial charge in [-0.15, -0.1) is 11.3 Å². The Kier molecular flexibility index (Phi) is 7.16. The van der Waals surface area contributed by atoms with Crippen LogP contribution in [0.2, 0.25) is 0 Å². The van der Waals surface area contributed by atoms with Crippen LogP contribution in [0.5, 0.6) is 5.75 Å². The van der Waals surface area contributed by atoms with Crippen molar-refractivity contribution in [2.24, 2.45) is 0 Å². The second-order valence-electron chi connectivity index (χ2n) is 8.34. The summed E-state index contributed by atoms with van der Waals surface area (Å²) in [6.07, 6.45) is 0.716. The number of benzene rings is 3. The minimum Gasteiger partial charge on any atom is -0.488 e. The highest BCUT2D eigenvalue weighted by Crippen LogP contribution is 2.48. The van der Waals surface area contributed by atoms with E-state index in [-0.39, 0.29) is 17.2 Å². The summed E-state index contributed by atoms with van der Waals surface area (Å²) in [5.74, 6) is 0.159. The first-order valence-electron chi connectivity index (χ1n) is 11.7. The molecule has 0 radical (unpaired) electrons. The Balaban J connectivity index is 1.79. The van der Waals surface area contributed by atoms with E-state index >= 15 is 0 Å². The summed E-state index contributed by atoms with van der Waals surface area (Å²) >= 11 is 1.25. The minimum absolute atomic E-state index is 0.171. The van der Waals surface area contributed by atoms with Gasteiger partial charge in [0, 0.05) is 18.2 Å². The molecule has 2 heterocycles. The molecule has 0 N–H and O–H groups in total. The van der Waals surface area contributed by atoms with Crippen molar-refractivity contribution in [3.8, 4) is 28.1 Å². The second-order valence-corrected chi connectivity index (χ2v) is 9.36. The van der Waals surface area contributed by atoms with E-state index in [1.165, 1.54) is 18.4 Å². The van der Waals surface area contributed by atoms with Crippen LogP contribution in [0, 0.1) is 0 Å². The molecule has 6 nitrogen and oxygen atoms in total. The minimum atomic E-state index is -0.542. The summed E-state index contributed by atoms with van der Waals surface area (Å²) in [7, 11) is 2.91. The third kappa shape index (κ3) is 4.55. The average Bonchev–Trinajstić information content (AvgIpc) is 3.47. The number of thiophene rings is 1. The van der Waals surface area contributed by atoms with Gasteiger partial charge >= 0.3 is 5.97 Å². The first-order chi connectivity index (χ1) is 18.2. The first kappa shape index (κ1) is 24.5. The number of esters is 1. The Bertz CT molecular complexity index is 1550. The number of nitrogens with zero attached hydrogens (tertiary/aromatic N) is 1. The molecule has 0 saturated carbocycles. The summed E-state index contributed by atoms with van der Waals surface area (Å²) in [4.78, 5) is 25.2. The zero-order chi connectivity index (χ0) is 25.8. The van der Waals surface area contributed by atoms with Crippen molar-refractivity contribution in [1.29, 1.82) is 0 Å². The van der Waals surface area contributed by atoms with E-state index in [0.29, 0.717) is 24.2 Å². The molecule has 37 heavy (non-hydrogen) atoms. The van der Waals surface area contributed by atoms with Crippen LogP contribution in [-0.2, 0) is 22.8 Å². The maximum Gasteiger partial charge on any atom is 0.348 e. The fourth-order valence-electron chi connectivity index (χ4n) is 4.51. The van der Waals surface area contributed by atoms with Gasteiger partial charge in [0.1, 0.15) is 24.0 Å². The number of aromatic nitrogens is 1. The summed E-state index contributed by atoms with van der Waals surface area (Å²) in [5, 5.41) is 0. The predicted octanol–water partition coefficient (Wildman–Crippen LogP) is 6.82. The molecule has 0 aliphatic rings. The molecular formula is C30H25NO5S. The van der Waals surface area contributed by atoms with Crippen LogP contribution in [0.4, 0.5) is 0 Å². The van der Waals surface area contributed by atoms with Gasteiger partial charge in [0.05, 0.1) is 28.6 Å². The molecule has 7 heteroatoms. The molecule has 0 amide bonds. The van der Waals surface area contributed by atoms with Crippen LogP contribution in [0.25, 0.3) is 32.6 Å². The van der Waals surface area contributed by atoms with Gasteiger partial charge in [-0.1, -0.05) is 72.8 Å². The van der Waals surface area contributed by atoms with Gasteiger partial charge in [-0.05, 0) is 23.3 Å². The Hall–Kier alpha value is -4.20. The summed E-state index contributed by atoms with van der Waals surface area (Å²) in [6, 6.07) is 27.7. The summed E-state index contributed by atoms with van der Waals surface area (Å²) in [6.45, 7) is 0.577. The summed E-state index contributed by atoms with van der Waals surface area (Å²) in [5.41, 5.74) is 5.52. The maximum absolute atomic E-state index is 12.6. The number of methoxy groups -OCH3 is 2. The number of para-hydroxylation sites is 1. The average molecular weight is 512 g/mol. The van der Waals surface area contributed by atoms with Crippen molar-refractivity contribution in [2.45, 2.75) is 13.3 Å². The van der Waals surface area contributed by atoms with Crippen molar-refractivity contribution in [1.82, 2.24) is 4.57 Å². The molecule has 186 valence electrons. The van der Waals surface area contributed by atoms with Gasteiger partial charge < -0.3 is 18.8 Å². The normalized spacial score (nSPS) is 11.0. The Labute approximate surface area is 218 Å². The molecule has 0 spiro atoms. The number of fused-ring (bicyclic) bond motifs is 1. The van der Waals surface area contributed by atoms with Crippen molar-refractivity contribution in [3.63, 3.8) is 0 Å². The van der Waals surface area contributed by atoms with Gasteiger partial charge in [0.15, 0.2) is 6.29 Å². The number of carbonyl (C=O) groups excluding carboxylic acids is 2. The van der Waals surface area contributed by atoms with Gasteiger partial charge in [-0.2, -0.15) is 0 Å². The quantitative estimate of drug-likeness (QED) is 0.160. The maximum atomic E-state index is 12.6. The number of ether oxygens (including phenoxy) is 3. The van der Waals surface area contributed by atoms with E-state index in [1.807, 2.05) is 89.5 Å². The highest BCUT2D eigenvalue weighted by Gasteiger charge is 2.30. The molecule has 2 aromatic heterocycles. The van der Waals surface area contributed by atoms with Gasteiger partial charge in [-0.25, -0.2) is 4.79 Å². The van der Waals surface area contributed by atoms with Crippen molar-refractivity contribution in [3.05, 3.63) is 101 Å². The van der Waals surface area contributed by atoms with Crippen LogP contribution in [0.15, 0.2) is 84.9 Å². The Morgan fingerprint density at radius 2 is 1.59 bits per heavy atom. The zero-order valence-electron chi connectivity index (χ0n) is 20.5. The SMILES string of the molecule is COCn1c(-c2ccccc2OCc2ccccc2)c(-c2ccccc2)c2sc(C(=O)OC)c(C=O)c21. The van der Waals surface area contributed by atoms with E-state index in [4.69, 9.17) is 14.2 Å². The fourth-order valence-corrected chi connectivity index (χ4v) is 5.77. The Morgan fingerprint density at radius 1 is 0.919 bits per heavy atom. The molecule has 0 unspecified atom stereocenters. The molecule has 3 aromatic carbocycles. The van der Waals surface area contributed by atoms with Gasteiger partial charge in [0.25, 0.3) is 0 Å². The third-order valence-corrected chi connectivity index (χ3v) is 7.30. The molecule has 0 atom stereocenters. The molecular weight excluding hydrogens is 486 g/mol. The first-order valence-corrected chi connectivity index (χ1v) is 12.5.